The summed E-state index contributed by atoms with van der Waals surface area (Å²) in [6.45, 7) is 0. The number of aliphatic carboxylic acids is 4. The number of carboxylic acids is 4. The van der Waals surface area contributed by atoms with Crippen LogP contribution in [-0.2, 0) is 41.6 Å². The molecule has 364 valence electrons. The van der Waals surface area contributed by atoms with E-state index in [-0.39, 0.29) is 193 Å². The maximum Gasteiger partial charge on any atom is 1.00 e. The average Bonchev–Trinajstić information content (AvgIpc) is 3.83. The van der Waals surface area contributed by atoms with Crippen molar-refractivity contribution >= 4 is 71.9 Å². The van der Waals surface area contributed by atoms with Gasteiger partial charge in [-0.05, 0) is 97.9 Å². The van der Waals surface area contributed by atoms with E-state index in [2.05, 4.69) is 41.2 Å². The second kappa shape index (κ2) is 35.8. The summed E-state index contributed by atoms with van der Waals surface area (Å²) < 4.78 is 0. The Balaban J connectivity index is -0.000000363. The number of carbonyl (C=O) groups excluding carboxylic acids is 8. The van der Waals surface area contributed by atoms with E-state index in [4.69, 9.17) is 11.5 Å². The van der Waals surface area contributed by atoms with Gasteiger partial charge in [0.1, 0.15) is 0 Å². The fourth-order valence-electron chi connectivity index (χ4n) is 6.47. The number of aliphatic imine (C=N–C) groups is 4. The van der Waals surface area contributed by atoms with Gasteiger partial charge in [0.05, 0.1) is 35.2 Å². The standard InChI is InChI=1S/2C20H21N5O6.4Na.5H2O/c2*21-20-24-16-15(18(29)25-20)12(9-22-16)6-3-10-1-4-11(5-2-10)17(28)23-13(19(30)31)7-8-14(26)27;;;;;;;;;/h2*1-2,4-5,9,13,16H,3,6-8H2,(H,23,28)(H,26,27)(H,30,31)(H3,21,24,25,29);;;;;5*1H2/q;;4*+1;;;;;/p-4/t2*13-,16?;;;;;;;;;/m00........./s1. The summed E-state index contributed by atoms with van der Waals surface area (Å²) in [5, 5.41) is 52.6. The molecule has 4 aliphatic rings. The molecule has 0 fully saturated rings. The number of rotatable bonds is 18. The molecule has 71 heavy (non-hydrogen) atoms. The van der Waals surface area contributed by atoms with Crippen molar-refractivity contribution < 1.29 is 204 Å². The number of allylic oxidation sites excluding steroid dienone is 2. The third-order valence-electron chi connectivity index (χ3n) is 9.70. The average molecular weight is 1030 g/mol. The number of nitrogens with zero attached hydrogens (tertiary/aromatic N) is 4. The fourth-order valence-corrected chi connectivity index (χ4v) is 6.47. The number of benzene rings is 2. The van der Waals surface area contributed by atoms with Crippen molar-refractivity contribution in [3.8, 4) is 0 Å². The number of carbonyl (C=O) groups is 8. The second-order valence-electron chi connectivity index (χ2n) is 14.0. The Morgan fingerprint density at radius 3 is 1.13 bits per heavy atom. The second-order valence-corrected chi connectivity index (χ2v) is 14.0. The van der Waals surface area contributed by atoms with Gasteiger partial charge < -0.3 is 89.1 Å². The molecule has 27 nitrogen and oxygen atoms in total. The Bertz CT molecular complexity index is 2220. The monoisotopic (exact) mass is 1030 g/mol. The predicted octanol–water partition coefficient (Wildman–Crippen LogP) is -21.8. The summed E-state index contributed by atoms with van der Waals surface area (Å²) in [5.74, 6) is -7.88. The van der Waals surface area contributed by atoms with Crippen LogP contribution in [0, 0.1) is 0 Å². The van der Waals surface area contributed by atoms with Gasteiger partial charge in [-0.3, -0.25) is 39.8 Å². The van der Waals surface area contributed by atoms with Crippen LogP contribution in [-0.4, -0.2) is 124 Å². The quantitative estimate of drug-likeness (QED) is 0.0756. The molecule has 0 aliphatic carbocycles. The van der Waals surface area contributed by atoms with Crippen molar-refractivity contribution in [2.75, 3.05) is 0 Å². The number of hydrogen-bond acceptors (Lipinski definition) is 18. The number of fused-ring (bicyclic) bond motifs is 2. The molecule has 0 saturated heterocycles. The van der Waals surface area contributed by atoms with E-state index < -0.39 is 72.9 Å². The molecule has 4 amide bonds. The Labute approximate surface area is 492 Å². The number of hydrogen-bond donors (Lipinski definition) is 6. The molecule has 2 aromatic rings. The van der Waals surface area contributed by atoms with Crippen LogP contribution >= 0.6 is 0 Å². The minimum Gasteiger partial charge on any atom is -0.550 e. The molecule has 2 aromatic carbocycles. The zero-order valence-electron chi connectivity index (χ0n) is 39.1. The summed E-state index contributed by atoms with van der Waals surface area (Å²) in [6.07, 6.45) is 2.48. The van der Waals surface area contributed by atoms with E-state index in [9.17, 15) is 58.8 Å². The number of carboxylic acid groups (broad SMARTS) is 4. The Hall–Kier alpha value is -4.24. The smallest absolute Gasteiger partial charge is 0.550 e. The summed E-state index contributed by atoms with van der Waals surface area (Å²) in [7, 11) is 0. The van der Waals surface area contributed by atoms with Crippen LogP contribution in [0.15, 0.2) is 90.8 Å². The van der Waals surface area contributed by atoms with Gasteiger partial charge in [-0.1, -0.05) is 24.3 Å². The van der Waals surface area contributed by atoms with Crippen LogP contribution in [0.25, 0.3) is 0 Å². The minimum absolute atomic E-state index is 0. The van der Waals surface area contributed by atoms with Gasteiger partial charge >= 0.3 is 118 Å². The molecule has 0 radical (unpaired) electrons. The molecule has 0 spiro atoms. The van der Waals surface area contributed by atoms with Crippen LogP contribution < -0.4 is 171 Å². The first-order valence-corrected chi connectivity index (χ1v) is 18.9. The third-order valence-corrected chi connectivity index (χ3v) is 9.70. The van der Waals surface area contributed by atoms with Crippen LogP contribution in [0.2, 0.25) is 0 Å². The zero-order valence-corrected chi connectivity index (χ0v) is 47.1. The first-order chi connectivity index (χ1) is 29.5. The Morgan fingerprint density at radius 1 is 0.535 bits per heavy atom. The predicted molar refractivity (Wildman–Crippen MR) is 227 cm³/mol. The normalized spacial score (nSPS) is 15.8. The molecule has 4 aliphatic heterocycles. The van der Waals surface area contributed by atoms with E-state index in [1.807, 2.05) is 0 Å². The first-order valence-electron chi connectivity index (χ1n) is 18.9. The Kier molecular flexibility index (Phi) is 38.2. The van der Waals surface area contributed by atoms with Crippen molar-refractivity contribution in [2.24, 2.45) is 31.4 Å². The van der Waals surface area contributed by atoms with Crippen LogP contribution in [0.4, 0.5) is 0 Å². The van der Waals surface area contributed by atoms with Gasteiger partial charge in [-0.25, -0.2) is 9.98 Å². The minimum atomic E-state index is -1.57. The molecule has 0 bridgehead atoms. The molecule has 0 saturated carbocycles. The summed E-state index contributed by atoms with van der Waals surface area (Å²) in [6, 6.07) is 10.0. The third kappa shape index (κ3) is 22.2. The van der Waals surface area contributed by atoms with Gasteiger partial charge in [-0.2, -0.15) is 0 Å². The molecule has 2 unspecified atom stereocenters. The van der Waals surface area contributed by atoms with E-state index >= 15 is 0 Å². The van der Waals surface area contributed by atoms with Gasteiger partial charge in [0.25, 0.3) is 23.6 Å². The SMILES string of the molecule is NC1=NC2N=CC(CCc3ccc(C(=O)N[C@@H](CCC(=O)[O-])C(=O)[O-])cc3)=C2C(=O)N1.NC1=NC2N=CC(CCc3ccc(C(=O)N[C@@H](CCC(=O)[O-])C(=O)[O-])cc3)=C2C(=O)N1.O.O.O.O.O.[Na+].[Na+].[Na+].[Na+]. The van der Waals surface area contributed by atoms with Crippen molar-refractivity contribution in [1.82, 2.24) is 21.3 Å². The zero-order chi connectivity index (χ0) is 45.1. The van der Waals surface area contributed by atoms with Crippen molar-refractivity contribution in [1.29, 1.82) is 0 Å². The summed E-state index contributed by atoms with van der Waals surface area (Å²) in [5.41, 5.74) is 15.7. The first kappa shape index (κ1) is 75.7. The fraction of sp³-hybridized carbons (Fsp3) is 0.300. The van der Waals surface area contributed by atoms with E-state index in [1.165, 1.54) is 24.3 Å². The van der Waals surface area contributed by atoms with E-state index in [0.717, 1.165) is 22.3 Å². The van der Waals surface area contributed by atoms with Gasteiger partial charge in [-0.15, -0.1) is 0 Å². The number of nitrogens with two attached hydrogens (primary N) is 2. The van der Waals surface area contributed by atoms with Crippen LogP contribution in [0.5, 0.6) is 0 Å². The summed E-state index contributed by atoms with van der Waals surface area (Å²) in [4.78, 5) is 108. The molecule has 0 aromatic heterocycles. The molecule has 18 N–H and O–H groups in total. The number of guanidine groups is 2. The molecular formula is C40H48N10Na4O17. The Morgan fingerprint density at radius 2 is 0.845 bits per heavy atom. The number of amides is 4. The largest absolute Gasteiger partial charge is 1.00 e. The van der Waals surface area contributed by atoms with Crippen molar-refractivity contribution in [3.05, 3.63) is 93.1 Å². The van der Waals surface area contributed by atoms with E-state index in [0.29, 0.717) is 36.8 Å². The molecule has 4 heterocycles. The molecule has 4 atom stereocenters. The molecular weight excluding hydrogens is 984 g/mol. The van der Waals surface area contributed by atoms with Crippen LogP contribution in [0.3, 0.4) is 0 Å². The number of nitrogens with one attached hydrogen (secondary N) is 4. The van der Waals surface area contributed by atoms with Crippen molar-refractivity contribution in [3.63, 3.8) is 0 Å². The van der Waals surface area contributed by atoms with Crippen molar-refractivity contribution in [2.45, 2.75) is 75.8 Å². The van der Waals surface area contributed by atoms with Gasteiger partial charge in [0.15, 0.2) is 24.3 Å². The summed E-state index contributed by atoms with van der Waals surface area (Å²) >= 11 is 0. The van der Waals surface area contributed by atoms with Gasteiger partial charge in [0, 0.05) is 35.5 Å². The molecule has 6 rings (SSSR count). The molecule has 31 heteroatoms. The topological polar surface area (TPSA) is 536 Å². The maximum absolute atomic E-state index is 12.2. The van der Waals surface area contributed by atoms with E-state index in [1.54, 1.807) is 36.7 Å². The van der Waals surface area contributed by atoms with Crippen LogP contribution in [0.1, 0.15) is 70.4 Å². The van der Waals surface area contributed by atoms with Gasteiger partial charge in [0.2, 0.25) is 0 Å². The number of aryl methyl sites for hydroxylation is 2. The maximum atomic E-state index is 12.2.